The van der Waals surface area contributed by atoms with Crippen molar-refractivity contribution in [3.05, 3.63) is 68.7 Å². The number of halogens is 1. The summed E-state index contributed by atoms with van der Waals surface area (Å²) in [5.74, 6) is -0.681. The second kappa shape index (κ2) is 9.59. The van der Waals surface area contributed by atoms with E-state index >= 15 is 0 Å². The Balaban J connectivity index is 1.97. The van der Waals surface area contributed by atoms with Crippen molar-refractivity contribution in [2.45, 2.75) is 19.9 Å². The molecule has 2 aromatic carbocycles. The molecule has 0 radical (unpaired) electrons. The topological polar surface area (TPSA) is 98.2 Å². The van der Waals surface area contributed by atoms with Crippen LogP contribution in [0.25, 0.3) is 5.76 Å². The summed E-state index contributed by atoms with van der Waals surface area (Å²) in [7, 11) is 4.48. The van der Waals surface area contributed by atoms with Gasteiger partial charge in [-0.15, -0.1) is 11.3 Å². The first-order valence-corrected chi connectivity index (χ1v) is 11.7. The van der Waals surface area contributed by atoms with Crippen LogP contribution in [0.15, 0.2) is 42.0 Å². The molecule has 0 aliphatic carbocycles. The quantitative estimate of drug-likeness (QED) is 0.279. The molecule has 1 fully saturated rings. The van der Waals surface area contributed by atoms with Gasteiger partial charge < -0.3 is 19.3 Å². The Morgan fingerprint density at radius 1 is 1.00 bits per heavy atom. The van der Waals surface area contributed by atoms with Crippen LogP contribution in [0, 0.1) is 13.8 Å². The Kier molecular flexibility index (Phi) is 6.73. The summed E-state index contributed by atoms with van der Waals surface area (Å²) >= 11 is 7.55. The fraction of sp³-hybridized carbons (Fsp3) is 0.240. The molecule has 2 heterocycles. The van der Waals surface area contributed by atoms with Crippen LogP contribution in [-0.4, -0.2) is 43.1 Å². The standard InChI is InChI=1S/C25H23ClN2O6S/c1-12-13(2)35-25(27-12)28-21(14-6-9-18(33-4)19(11-14)34-5)20(23(30)24(28)31)22(29)15-7-8-17(32-3)16(26)10-15/h6-11,21,29H,1-5H3/t21-/m1/s1. The number of aliphatic hydroxyl groups excluding tert-OH is 1. The Bertz CT molecular complexity index is 1350. The fourth-order valence-electron chi connectivity index (χ4n) is 3.90. The maximum absolute atomic E-state index is 13.3. The second-order valence-corrected chi connectivity index (χ2v) is 9.36. The molecule has 8 nitrogen and oxygen atoms in total. The molecule has 3 aromatic rings. The van der Waals surface area contributed by atoms with Crippen molar-refractivity contribution in [3.8, 4) is 17.2 Å². The lowest BCUT2D eigenvalue weighted by atomic mass is 9.95. The van der Waals surface area contributed by atoms with E-state index < -0.39 is 17.7 Å². The lowest BCUT2D eigenvalue weighted by Gasteiger charge is -2.24. The number of nitrogens with zero attached hydrogens (tertiary/aromatic N) is 2. The maximum atomic E-state index is 13.3. The zero-order valence-electron chi connectivity index (χ0n) is 19.7. The number of hydrogen-bond donors (Lipinski definition) is 1. The van der Waals surface area contributed by atoms with Gasteiger partial charge in [-0.1, -0.05) is 17.7 Å². The third-order valence-electron chi connectivity index (χ3n) is 5.82. The highest BCUT2D eigenvalue weighted by molar-refractivity contribution is 7.16. The van der Waals surface area contributed by atoms with Gasteiger partial charge in [-0.3, -0.25) is 14.5 Å². The predicted molar refractivity (Wildman–Crippen MR) is 134 cm³/mol. The molecule has 182 valence electrons. The van der Waals surface area contributed by atoms with Crippen molar-refractivity contribution in [1.29, 1.82) is 0 Å². The molecule has 1 atom stereocenters. The minimum atomic E-state index is -0.958. The molecule has 1 amide bonds. The van der Waals surface area contributed by atoms with Crippen molar-refractivity contribution < 1.29 is 28.9 Å². The van der Waals surface area contributed by atoms with Crippen LogP contribution in [0.1, 0.15) is 27.7 Å². The number of aliphatic hydroxyl groups is 1. The molecule has 0 saturated carbocycles. The predicted octanol–water partition coefficient (Wildman–Crippen LogP) is 5.07. The van der Waals surface area contributed by atoms with Crippen LogP contribution in [0.2, 0.25) is 5.02 Å². The summed E-state index contributed by atoms with van der Waals surface area (Å²) in [6.07, 6.45) is 0. The molecule has 10 heteroatoms. The number of carbonyl (C=O) groups excluding carboxylic acids is 2. The smallest absolute Gasteiger partial charge is 0.301 e. The van der Waals surface area contributed by atoms with E-state index in [1.54, 1.807) is 30.3 Å². The van der Waals surface area contributed by atoms with Crippen molar-refractivity contribution in [1.82, 2.24) is 4.98 Å². The number of Topliss-reactive ketones (excluding diaryl/α,β-unsaturated/α-hetero) is 1. The SMILES string of the molecule is COc1ccc(C(O)=C2C(=O)C(=O)N(c3nc(C)c(C)s3)[C@@H]2c2ccc(OC)c(OC)c2)cc1Cl. The monoisotopic (exact) mass is 514 g/mol. The molecule has 1 aliphatic heterocycles. The molecule has 0 spiro atoms. The fourth-order valence-corrected chi connectivity index (χ4v) is 5.09. The van der Waals surface area contributed by atoms with Crippen molar-refractivity contribution in [2.24, 2.45) is 0 Å². The molecular formula is C25H23ClN2O6S. The number of aryl methyl sites for hydroxylation is 2. The molecule has 35 heavy (non-hydrogen) atoms. The zero-order chi connectivity index (χ0) is 25.4. The molecule has 1 N–H and O–H groups in total. The van der Waals surface area contributed by atoms with E-state index in [0.717, 1.165) is 10.6 Å². The number of anilines is 1. The van der Waals surface area contributed by atoms with Gasteiger partial charge in [0.25, 0.3) is 5.78 Å². The number of carbonyl (C=O) groups is 2. The highest BCUT2D eigenvalue weighted by Crippen LogP contribution is 2.45. The summed E-state index contributed by atoms with van der Waals surface area (Å²) in [4.78, 5) is 33.3. The van der Waals surface area contributed by atoms with Crippen molar-refractivity contribution in [3.63, 3.8) is 0 Å². The number of thiazole rings is 1. The summed E-state index contributed by atoms with van der Waals surface area (Å²) in [6, 6.07) is 8.73. The average molecular weight is 515 g/mol. The minimum Gasteiger partial charge on any atom is -0.507 e. The number of benzene rings is 2. The van der Waals surface area contributed by atoms with Crippen LogP contribution < -0.4 is 19.1 Å². The van der Waals surface area contributed by atoms with Crippen LogP contribution >= 0.6 is 22.9 Å². The van der Waals surface area contributed by atoms with Gasteiger partial charge in [-0.25, -0.2) is 4.98 Å². The van der Waals surface area contributed by atoms with E-state index in [0.29, 0.717) is 27.9 Å². The number of ether oxygens (including phenoxy) is 3. The van der Waals surface area contributed by atoms with Crippen LogP contribution in [0.3, 0.4) is 0 Å². The number of ketones is 1. The van der Waals surface area contributed by atoms with Gasteiger partial charge in [0.15, 0.2) is 16.6 Å². The Morgan fingerprint density at radius 2 is 1.66 bits per heavy atom. The number of aromatic nitrogens is 1. The van der Waals surface area contributed by atoms with E-state index in [2.05, 4.69) is 4.98 Å². The largest absolute Gasteiger partial charge is 0.507 e. The summed E-state index contributed by atoms with van der Waals surface area (Å²) in [6.45, 7) is 3.72. The summed E-state index contributed by atoms with van der Waals surface area (Å²) < 4.78 is 16.0. The minimum absolute atomic E-state index is 0.0889. The van der Waals surface area contributed by atoms with Gasteiger partial charge in [0.05, 0.1) is 43.7 Å². The number of amides is 1. The first kappa shape index (κ1) is 24.6. The number of rotatable bonds is 6. The molecular weight excluding hydrogens is 492 g/mol. The van der Waals surface area contributed by atoms with Gasteiger partial charge in [0, 0.05) is 10.4 Å². The van der Waals surface area contributed by atoms with Gasteiger partial charge in [-0.05, 0) is 49.7 Å². The molecule has 0 unspecified atom stereocenters. The molecule has 1 aromatic heterocycles. The Hall–Kier alpha value is -3.56. The van der Waals surface area contributed by atoms with Crippen molar-refractivity contribution >= 4 is 45.5 Å². The molecule has 0 bridgehead atoms. The maximum Gasteiger partial charge on any atom is 0.301 e. The summed E-state index contributed by atoms with van der Waals surface area (Å²) in [5, 5.41) is 11.9. The molecule has 1 saturated heterocycles. The van der Waals surface area contributed by atoms with Crippen LogP contribution in [0.5, 0.6) is 17.2 Å². The zero-order valence-corrected chi connectivity index (χ0v) is 21.3. The number of hydrogen-bond acceptors (Lipinski definition) is 8. The van der Waals surface area contributed by atoms with Gasteiger partial charge >= 0.3 is 5.91 Å². The van der Waals surface area contributed by atoms with E-state index in [1.807, 2.05) is 13.8 Å². The third kappa shape index (κ3) is 4.21. The van der Waals surface area contributed by atoms with E-state index in [4.69, 9.17) is 25.8 Å². The van der Waals surface area contributed by atoms with E-state index in [9.17, 15) is 14.7 Å². The average Bonchev–Trinajstić information content (AvgIpc) is 3.32. The van der Waals surface area contributed by atoms with Crippen LogP contribution in [-0.2, 0) is 9.59 Å². The van der Waals surface area contributed by atoms with Gasteiger partial charge in [0.1, 0.15) is 11.5 Å². The van der Waals surface area contributed by atoms with E-state index in [-0.39, 0.29) is 21.9 Å². The normalized spacial score (nSPS) is 17.1. The lowest BCUT2D eigenvalue weighted by Crippen LogP contribution is -2.29. The molecule has 4 rings (SSSR count). The van der Waals surface area contributed by atoms with E-state index in [1.165, 1.54) is 43.6 Å². The third-order valence-corrected chi connectivity index (χ3v) is 7.18. The first-order valence-electron chi connectivity index (χ1n) is 10.5. The second-order valence-electron chi connectivity index (χ2n) is 7.77. The summed E-state index contributed by atoms with van der Waals surface area (Å²) in [5.41, 5.74) is 1.47. The Morgan fingerprint density at radius 3 is 2.23 bits per heavy atom. The molecule has 1 aliphatic rings. The highest BCUT2D eigenvalue weighted by atomic mass is 35.5. The first-order chi connectivity index (χ1) is 16.7. The Labute approximate surface area is 211 Å². The van der Waals surface area contributed by atoms with Gasteiger partial charge in [-0.2, -0.15) is 0 Å². The van der Waals surface area contributed by atoms with Crippen LogP contribution in [0.4, 0.5) is 5.13 Å². The van der Waals surface area contributed by atoms with Gasteiger partial charge in [0.2, 0.25) is 0 Å². The highest BCUT2D eigenvalue weighted by Gasteiger charge is 2.48. The lowest BCUT2D eigenvalue weighted by molar-refractivity contribution is -0.132. The number of methoxy groups -OCH3 is 3. The van der Waals surface area contributed by atoms with Crippen molar-refractivity contribution in [2.75, 3.05) is 26.2 Å².